The summed E-state index contributed by atoms with van der Waals surface area (Å²) in [5, 5.41) is 8.49. The second-order valence-electron chi connectivity index (χ2n) is 5.76. The zero-order chi connectivity index (χ0) is 15.8. The third-order valence-electron chi connectivity index (χ3n) is 4.35. The third-order valence-corrected chi connectivity index (χ3v) is 5.02. The number of rotatable bonds is 3. The fraction of sp³-hybridized carbons (Fsp3) is 0.211. The topological polar surface area (TPSA) is 29.9 Å². The first-order valence-electron chi connectivity index (χ1n) is 7.98. The van der Waals surface area contributed by atoms with E-state index in [1.165, 1.54) is 25.9 Å². The van der Waals surface area contributed by atoms with Crippen LogP contribution in [-0.4, -0.2) is 16.3 Å². The van der Waals surface area contributed by atoms with E-state index in [9.17, 15) is 0 Å². The summed E-state index contributed by atoms with van der Waals surface area (Å²) in [6.45, 7) is 3.18. The Morgan fingerprint density at radius 2 is 2.04 bits per heavy atom. The number of aryl methyl sites for hydroxylation is 1. The van der Waals surface area contributed by atoms with Crippen LogP contribution in [0, 0.1) is 3.57 Å². The smallest absolute Gasteiger partial charge is 0.133 e. The van der Waals surface area contributed by atoms with Crippen molar-refractivity contribution in [2.45, 2.75) is 19.8 Å². The van der Waals surface area contributed by atoms with Crippen molar-refractivity contribution in [2.75, 3.05) is 11.9 Å². The summed E-state index contributed by atoms with van der Waals surface area (Å²) in [5.74, 6) is 1.15. The fourth-order valence-corrected chi connectivity index (χ4v) is 3.78. The van der Waals surface area contributed by atoms with Crippen molar-refractivity contribution in [3.63, 3.8) is 0 Å². The summed E-state index contributed by atoms with van der Waals surface area (Å²) in [7, 11) is 0. The Bertz CT molecular complexity index is 867. The van der Waals surface area contributed by atoms with Crippen LogP contribution in [-0.2, 0) is 12.8 Å². The summed E-state index contributed by atoms with van der Waals surface area (Å²) in [6.07, 6.45) is 2.04. The molecule has 4 heteroatoms. The molecule has 1 aliphatic heterocycles. The number of halogens is 1. The zero-order valence-corrected chi connectivity index (χ0v) is 15.2. The van der Waals surface area contributed by atoms with E-state index < -0.39 is 0 Å². The van der Waals surface area contributed by atoms with Crippen molar-refractivity contribution >= 4 is 28.4 Å². The van der Waals surface area contributed by atoms with Crippen LogP contribution in [0.4, 0.5) is 5.82 Å². The first-order chi connectivity index (χ1) is 11.3. The third kappa shape index (κ3) is 2.55. The van der Waals surface area contributed by atoms with Gasteiger partial charge in [-0.25, -0.2) is 4.68 Å². The molecular formula is C19H18IN3. The highest BCUT2D eigenvalue weighted by molar-refractivity contribution is 14.1. The van der Waals surface area contributed by atoms with E-state index in [0.29, 0.717) is 0 Å². The quantitative estimate of drug-likeness (QED) is 0.630. The Morgan fingerprint density at radius 1 is 1.17 bits per heavy atom. The molecule has 1 N–H and O–H groups in total. The Morgan fingerprint density at radius 3 is 2.87 bits per heavy atom. The highest BCUT2D eigenvalue weighted by atomic mass is 127. The molecule has 2 aromatic carbocycles. The normalized spacial score (nSPS) is 13.0. The number of benzene rings is 2. The van der Waals surface area contributed by atoms with Crippen LogP contribution in [0.15, 0.2) is 48.5 Å². The molecule has 0 atom stereocenters. The summed E-state index contributed by atoms with van der Waals surface area (Å²) in [5.41, 5.74) is 6.13. The van der Waals surface area contributed by atoms with Crippen molar-refractivity contribution in [1.82, 2.24) is 9.78 Å². The lowest BCUT2D eigenvalue weighted by Gasteiger charge is -2.10. The molecule has 0 saturated carbocycles. The van der Waals surface area contributed by atoms with E-state index >= 15 is 0 Å². The molecule has 0 amide bonds. The van der Waals surface area contributed by atoms with Crippen LogP contribution in [0.1, 0.15) is 18.1 Å². The second kappa shape index (κ2) is 6.00. The van der Waals surface area contributed by atoms with Crippen molar-refractivity contribution < 1.29 is 0 Å². The average Bonchev–Trinajstić information content (AvgIpc) is 3.17. The molecule has 116 valence electrons. The Balaban J connectivity index is 1.92. The standard InChI is InChI=1S/C19H18IN3/c1-2-13-6-3-4-9-17(13)23-19-16(10-11-21-19)18(22-23)14-7-5-8-15(20)12-14/h3-9,12,21H,2,10-11H2,1H3. The van der Waals surface area contributed by atoms with Crippen LogP contribution in [0.5, 0.6) is 0 Å². The maximum atomic E-state index is 4.97. The number of nitrogens with zero attached hydrogens (tertiary/aromatic N) is 2. The van der Waals surface area contributed by atoms with E-state index in [4.69, 9.17) is 5.10 Å². The van der Waals surface area contributed by atoms with Crippen LogP contribution < -0.4 is 5.32 Å². The van der Waals surface area contributed by atoms with Gasteiger partial charge in [0.25, 0.3) is 0 Å². The number of anilines is 1. The lowest BCUT2D eigenvalue weighted by atomic mass is 10.1. The molecule has 23 heavy (non-hydrogen) atoms. The highest BCUT2D eigenvalue weighted by Crippen LogP contribution is 2.35. The van der Waals surface area contributed by atoms with E-state index in [0.717, 1.165) is 30.9 Å². The SMILES string of the molecule is CCc1ccccc1-n1nc(-c2cccc(I)c2)c2c1NCC2. The van der Waals surface area contributed by atoms with Gasteiger partial charge in [-0.15, -0.1) is 0 Å². The largest absolute Gasteiger partial charge is 0.369 e. The van der Waals surface area contributed by atoms with Gasteiger partial charge in [-0.05, 0) is 59.2 Å². The van der Waals surface area contributed by atoms with Crippen molar-refractivity contribution in [1.29, 1.82) is 0 Å². The minimum Gasteiger partial charge on any atom is -0.369 e. The summed E-state index contributed by atoms with van der Waals surface area (Å²) < 4.78 is 3.33. The van der Waals surface area contributed by atoms with Crippen LogP contribution >= 0.6 is 22.6 Å². The lowest BCUT2D eigenvalue weighted by Crippen LogP contribution is -2.06. The molecule has 0 bridgehead atoms. The van der Waals surface area contributed by atoms with Gasteiger partial charge in [0.2, 0.25) is 0 Å². The molecule has 3 aromatic rings. The second-order valence-corrected chi connectivity index (χ2v) is 7.00. The van der Waals surface area contributed by atoms with Crippen LogP contribution in [0.25, 0.3) is 16.9 Å². The molecule has 0 fully saturated rings. The fourth-order valence-electron chi connectivity index (χ4n) is 3.23. The van der Waals surface area contributed by atoms with Gasteiger partial charge in [0.05, 0.1) is 11.4 Å². The zero-order valence-electron chi connectivity index (χ0n) is 13.0. The molecular weight excluding hydrogens is 397 g/mol. The number of nitrogens with one attached hydrogen (secondary N) is 1. The number of fused-ring (bicyclic) bond motifs is 1. The summed E-state index contributed by atoms with van der Waals surface area (Å²) >= 11 is 2.36. The number of para-hydroxylation sites is 1. The van der Waals surface area contributed by atoms with Crippen LogP contribution in [0.3, 0.4) is 0 Å². The minimum atomic E-state index is 0.985. The highest BCUT2D eigenvalue weighted by Gasteiger charge is 2.24. The molecule has 1 aromatic heterocycles. The predicted octanol–water partition coefficient (Wildman–Crippen LogP) is 4.67. The van der Waals surface area contributed by atoms with E-state index in [1.54, 1.807) is 0 Å². The van der Waals surface area contributed by atoms with Gasteiger partial charge >= 0.3 is 0 Å². The Kier molecular flexibility index (Phi) is 3.85. The molecule has 3 nitrogen and oxygen atoms in total. The molecule has 0 unspecified atom stereocenters. The Hall–Kier alpha value is -1.82. The molecule has 0 aliphatic carbocycles. The molecule has 0 saturated heterocycles. The average molecular weight is 415 g/mol. The number of aromatic nitrogens is 2. The lowest BCUT2D eigenvalue weighted by molar-refractivity contribution is 0.866. The van der Waals surface area contributed by atoms with Gasteiger partial charge in [0.15, 0.2) is 0 Å². The molecule has 0 radical (unpaired) electrons. The summed E-state index contributed by atoms with van der Waals surface area (Å²) in [6, 6.07) is 17.1. The first kappa shape index (κ1) is 14.8. The maximum absolute atomic E-state index is 4.97. The van der Waals surface area contributed by atoms with Gasteiger partial charge in [0.1, 0.15) is 5.82 Å². The molecule has 1 aliphatic rings. The van der Waals surface area contributed by atoms with Gasteiger partial charge in [0, 0.05) is 21.2 Å². The Labute approximate surface area is 149 Å². The van der Waals surface area contributed by atoms with Gasteiger partial charge < -0.3 is 5.32 Å². The monoisotopic (exact) mass is 415 g/mol. The van der Waals surface area contributed by atoms with E-state index in [1.807, 2.05) is 0 Å². The number of hydrogen-bond acceptors (Lipinski definition) is 2. The van der Waals surface area contributed by atoms with E-state index in [2.05, 4.69) is 88.0 Å². The van der Waals surface area contributed by atoms with Gasteiger partial charge in [-0.1, -0.05) is 37.3 Å². The maximum Gasteiger partial charge on any atom is 0.133 e. The van der Waals surface area contributed by atoms with Crippen molar-refractivity contribution in [3.8, 4) is 16.9 Å². The molecule has 0 spiro atoms. The molecule has 4 rings (SSSR count). The van der Waals surface area contributed by atoms with Gasteiger partial charge in [-0.3, -0.25) is 0 Å². The van der Waals surface area contributed by atoms with Gasteiger partial charge in [-0.2, -0.15) is 5.10 Å². The minimum absolute atomic E-state index is 0.985. The molecule has 2 heterocycles. The first-order valence-corrected chi connectivity index (χ1v) is 9.06. The predicted molar refractivity (Wildman–Crippen MR) is 103 cm³/mol. The van der Waals surface area contributed by atoms with Crippen molar-refractivity contribution in [2.24, 2.45) is 0 Å². The van der Waals surface area contributed by atoms with Crippen molar-refractivity contribution in [3.05, 3.63) is 63.2 Å². The summed E-state index contributed by atoms with van der Waals surface area (Å²) in [4.78, 5) is 0. The van der Waals surface area contributed by atoms with E-state index in [-0.39, 0.29) is 0 Å². The number of hydrogen-bond donors (Lipinski definition) is 1. The van der Waals surface area contributed by atoms with Crippen LogP contribution in [0.2, 0.25) is 0 Å².